The fourth-order valence-electron chi connectivity index (χ4n) is 2.41. The largest absolute Gasteiger partial charge is 0.481 e. The van der Waals surface area contributed by atoms with Crippen molar-refractivity contribution in [2.24, 2.45) is 0 Å². The van der Waals surface area contributed by atoms with Crippen molar-refractivity contribution >= 4 is 5.97 Å². The molecule has 1 fully saturated rings. The topological polar surface area (TPSA) is 61.1 Å². The summed E-state index contributed by atoms with van der Waals surface area (Å²) < 4.78 is 0. The van der Waals surface area contributed by atoms with Gasteiger partial charge in [-0.05, 0) is 53.5 Å². The fraction of sp³-hybridized carbons (Fsp3) is 0.467. The number of carbonyl (C=O) groups is 1. The van der Waals surface area contributed by atoms with Crippen LogP contribution < -0.4 is 0 Å². The van der Waals surface area contributed by atoms with E-state index in [2.05, 4.69) is 6.07 Å². The zero-order valence-electron chi connectivity index (χ0n) is 10.7. The summed E-state index contributed by atoms with van der Waals surface area (Å²) in [6, 6.07) is 5.90. The first-order valence-electron chi connectivity index (χ1n) is 6.31. The van der Waals surface area contributed by atoms with E-state index in [4.69, 9.17) is 10.4 Å². The Kier molecular flexibility index (Phi) is 3.38. The lowest BCUT2D eigenvalue weighted by atomic mass is 9.88. The molecule has 1 aliphatic carbocycles. The standard InChI is InChI=1S/C15H17NO2/c1-9(2)12-5-10(8-16)6-13(11-3-4-11)14(12)7-15(17)18/h5-6,9,11H,3-4,7H2,1-2H3,(H,17,18). The molecule has 0 aliphatic heterocycles. The molecule has 1 saturated carbocycles. The molecule has 94 valence electrons. The maximum atomic E-state index is 11.0. The highest BCUT2D eigenvalue weighted by Crippen LogP contribution is 2.43. The molecule has 1 aliphatic rings. The van der Waals surface area contributed by atoms with E-state index < -0.39 is 5.97 Å². The molecule has 0 heterocycles. The van der Waals surface area contributed by atoms with E-state index in [1.807, 2.05) is 26.0 Å². The van der Waals surface area contributed by atoms with Crippen molar-refractivity contribution in [3.8, 4) is 6.07 Å². The zero-order chi connectivity index (χ0) is 13.3. The lowest BCUT2D eigenvalue weighted by molar-refractivity contribution is -0.136. The zero-order valence-corrected chi connectivity index (χ0v) is 10.7. The molecule has 2 rings (SSSR count). The van der Waals surface area contributed by atoms with Crippen LogP contribution >= 0.6 is 0 Å². The molecule has 1 aromatic rings. The summed E-state index contributed by atoms with van der Waals surface area (Å²) in [7, 11) is 0. The van der Waals surface area contributed by atoms with Crippen molar-refractivity contribution in [2.45, 2.75) is 44.9 Å². The van der Waals surface area contributed by atoms with E-state index in [9.17, 15) is 4.79 Å². The van der Waals surface area contributed by atoms with Gasteiger partial charge in [0.25, 0.3) is 0 Å². The van der Waals surface area contributed by atoms with Crippen molar-refractivity contribution in [1.82, 2.24) is 0 Å². The highest BCUT2D eigenvalue weighted by molar-refractivity contribution is 5.72. The van der Waals surface area contributed by atoms with E-state index in [0.717, 1.165) is 29.5 Å². The van der Waals surface area contributed by atoms with Gasteiger partial charge in [0.15, 0.2) is 0 Å². The van der Waals surface area contributed by atoms with E-state index in [1.165, 1.54) is 0 Å². The Morgan fingerprint density at radius 1 is 1.50 bits per heavy atom. The van der Waals surface area contributed by atoms with Crippen molar-refractivity contribution in [1.29, 1.82) is 5.26 Å². The van der Waals surface area contributed by atoms with Crippen LogP contribution in [0.2, 0.25) is 0 Å². The third-order valence-corrected chi connectivity index (χ3v) is 3.42. The minimum atomic E-state index is -0.802. The molecule has 0 unspecified atom stereocenters. The second kappa shape index (κ2) is 4.81. The minimum Gasteiger partial charge on any atom is -0.481 e. The van der Waals surface area contributed by atoms with Gasteiger partial charge in [0.05, 0.1) is 18.1 Å². The second-order valence-electron chi connectivity index (χ2n) is 5.24. The second-order valence-corrected chi connectivity index (χ2v) is 5.24. The van der Waals surface area contributed by atoms with Crippen LogP contribution in [-0.4, -0.2) is 11.1 Å². The van der Waals surface area contributed by atoms with Gasteiger partial charge < -0.3 is 5.11 Å². The van der Waals surface area contributed by atoms with Gasteiger partial charge in [0.2, 0.25) is 0 Å². The van der Waals surface area contributed by atoms with Gasteiger partial charge in [-0.25, -0.2) is 0 Å². The summed E-state index contributed by atoms with van der Waals surface area (Å²) in [6.45, 7) is 4.08. The maximum Gasteiger partial charge on any atom is 0.307 e. The lowest BCUT2D eigenvalue weighted by Crippen LogP contribution is -2.09. The van der Waals surface area contributed by atoms with Crippen molar-refractivity contribution in [3.05, 3.63) is 34.4 Å². The van der Waals surface area contributed by atoms with Crippen LogP contribution in [0.4, 0.5) is 0 Å². The van der Waals surface area contributed by atoms with Gasteiger partial charge in [0.1, 0.15) is 0 Å². The first kappa shape index (κ1) is 12.6. The molecule has 0 saturated heterocycles. The van der Waals surface area contributed by atoms with Crippen molar-refractivity contribution in [2.75, 3.05) is 0 Å². The Balaban J connectivity index is 2.57. The monoisotopic (exact) mass is 243 g/mol. The number of carboxylic acid groups (broad SMARTS) is 1. The molecule has 1 N–H and O–H groups in total. The summed E-state index contributed by atoms with van der Waals surface area (Å²) in [5.74, 6) is -0.0983. The number of hydrogen-bond acceptors (Lipinski definition) is 2. The summed E-state index contributed by atoms with van der Waals surface area (Å²) >= 11 is 0. The Bertz CT molecular complexity index is 499. The normalized spacial score (nSPS) is 14.6. The molecule has 3 nitrogen and oxygen atoms in total. The number of nitriles is 1. The predicted octanol–water partition coefficient (Wildman–Crippen LogP) is 3.19. The van der Waals surface area contributed by atoms with Gasteiger partial charge in [0, 0.05) is 0 Å². The summed E-state index contributed by atoms with van der Waals surface area (Å²) in [5, 5.41) is 18.1. The summed E-state index contributed by atoms with van der Waals surface area (Å²) in [5.41, 5.74) is 3.67. The molecule has 18 heavy (non-hydrogen) atoms. The van der Waals surface area contributed by atoms with Gasteiger partial charge >= 0.3 is 5.97 Å². The number of benzene rings is 1. The number of nitrogens with zero attached hydrogens (tertiary/aromatic N) is 1. The third kappa shape index (κ3) is 2.53. The first-order chi connectivity index (χ1) is 8.52. The predicted molar refractivity (Wildman–Crippen MR) is 68.6 cm³/mol. The third-order valence-electron chi connectivity index (χ3n) is 3.42. The van der Waals surface area contributed by atoms with Crippen LogP contribution in [0.1, 0.15) is 60.8 Å². The summed E-state index contributed by atoms with van der Waals surface area (Å²) in [6.07, 6.45) is 2.28. The van der Waals surface area contributed by atoms with E-state index in [-0.39, 0.29) is 12.3 Å². The number of rotatable bonds is 4. The number of aliphatic carboxylic acids is 1. The highest BCUT2D eigenvalue weighted by atomic mass is 16.4. The SMILES string of the molecule is CC(C)c1cc(C#N)cc(C2CC2)c1CC(=O)O. The van der Waals surface area contributed by atoms with E-state index >= 15 is 0 Å². The summed E-state index contributed by atoms with van der Waals surface area (Å²) in [4.78, 5) is 11.0. The average molecular weight is 243 g/mol. The Morgan fingerprint density at radius 3 is 2.61 bits per heavy atom. The average Bonchev–Trinajstić information content (AvgIpc) is 3.12. The number of carboxylic acids is 1. The molecular formula is C15H17NO2. The molecule has 3 heteroatoms. The Hall–Kier alpha value is -1.82. The van der Waals surface area contributed by atoms with E-state index in [0.29, 0.717) is 11.5 Å². The molecule has 0 radical (unpaired) electrons. The van der Waals surface area contributed by atoms with Gasteiger partial charge in [-0.1, -0.05) is 13.8 Å². The van der Waals surface area contributed by atoms with Crippen LogP contribution in [0.5, 0.6) is 0 Å². The molecular weight excluding hydrogens is 226 g/mol. The molecule has 0 bridgehead atoms. The van der Waals surface area contributed by atoms with Crippen LogP contribution in [0, 0.1) is 11.3 Å². The Labute approximate surface area is 107 Å². The van der Waals surface area contributed by atoms with Crippen LogP contribution in [0.25, 0.3) is 0 Å². The van der Waals surface area contributed by atoms with Gasteiger partial charge in [-0.2, -0.15) is 5.26 Å². The van der Waals surface area contributed by atoms with E-state index in [1.54, 1.807) is 0 Å². The van der Waals surface area contributed by atoms with Gasteiger partial charge in [-0.3, -0.25) is 4.79 Å². The minimum absolute atomic E-state index is 0.0606. The molecule has 0 spiro atoms. The molecule has 0 amide bonds. The smallest absolute Gasteiger partial charge is 0.307 e. The van der Waals surface area contributed by atoms with Crippen LogP contribution in [-0.2, 0) is 11.2 Å². The highest BCUT2D eigenvalue weighted by Gasteiger charge is 2.29. The van der Waals surface area contributed by atoms with Crippen LogP contribution in [0.3, 0.4) is 0 Å². The first-order valence-corrected chi connectivity index (χ1v) is 6.31. The maximum absolute atomic E-state index is 11.0. The quantitative estimate of drug-likeness (QED) is 0.883. The molecule has 0 atom stereocenters. The van der Waals surface area contributed by atoms with Crippen molar-refractivity contribution < 1.29 is 9.90 Å². The van der Waals surface area contributed by atoms with Crippen molar-refractivity contribution in [3.63, 3.8) is 0 Å². The lowest BCUT2D eigenvalue weighted by Gasteiger charge is -2.16. The molecule has 0 aromatic heterocycles. The Morgan fingerprint density at radius 2 is 2.17 bits per heavy atom. The number of hydrogen-bond donors (Lipinski definition) is 1. The van der Waals surface area contributed by atoms with Crippen LogP contribution in [0.15, 0.2) is 12.1 Å². The molecule has 1 aromatic carbocycles. The van der Waals surface area contributed by atoms with Gasteiger partial charge in [-0.15, -0.1) is 0 Å². The fourth-order valence-corrected chi connectivity index (χ4v) is 2.41.